The molecule has 0 amide bonds. The number of benzene rings is 14. The second-order valence-electron chi connectivity index (χ2n) is 20.0. The Kier molecular flexibility index (Phi) is 11.3. The molecule has 0 aromatic heterocycles. The van der Waals surface area contributed by atoms with Crippen LogP contribution in [-0.4, -0.2) is 0 Å². The van der Waals surface area contributed by atoms with Crippen LogP contribution < -0.4 is 0 Å². The standard InChI is InChI=1S/C76H50/c1-7-21-51(22-8-1)57-33-19-35-59(41-57)71-49-73(65-45-61(53-25-11-3-12-26-53)43-62(46-65)54-27-13-4-14-28-54)69-40-38-68-72(60-36-20-34-58(42-60)52-23-9-2-10-24-52)50-74(70-39-37-67(71)75(69)76(68)70)66-47-63(55-29-15-5-16-30-55)44-64(48-66)56-31-17-6-18-32-56/h1-50H. The first kappa shape index (κ1) is 44.8. The summed E-state index contributed by atoms with van der Waals surface area (Å²) in [7, 11) is 0. The molecule has 0 fully saturated rings. The van der Waals surface area contributed by atoms with Gasteiger partial charge in [0, 0.05) is 0 Å². The Hall–Kier alpha value is -9.88. The highest BCUT2D eigenvalue weighted by molar-refractivity contribution is 6.32. The largest absolute Gasteiger partial charge is 0.0622 e. The van der Waals surface area contributed by atoms with Crippen molar-refractivity contribution in [1.29, 1.82) is 0 Å². The minimum Gasteiger partial charge on any atom is -0.0622 e. The predicted octanol–water partition coefficient (Wildman–Crippen LogP) is 21.3. The third-order valence-corrected chi connectivity index (χ3v) is 15.4. The maximum Gasteiger partial charge on any atom is -0.00139 e. The van der Waals surface area contributed by atoms with Crippen LogP contribution in [0.3, 0.4) is 0 Å². The van der Waals surface area contributed by atoms with Gasteiger partial charge in [0.2, 0.25) is 0 Å². The molecule has 0 unspecified atom stereocenters. The normalized spacial score (nSPS) is 11.4. The lowest BCUT2D eigenvalue weighted by molar-refractivity contribution is 1.57. The summed E-state index contributed by atoms with van der Waals surface area (Å²) < 4.78 is 0. The third kappa shape index (κ3) is 8.24. The Balaban J connectivity index is 1.12. The van der Waals surface area contributed by atoms with Crippen LogP contribution in [0.25, 0.3) is 144 Å². The van der Waals surface area contributed by atoms with E-state index in [0.717, 1.165) is 0 Å². The van der Waals surface area contributed by atoms with Crippen molar-refractivity contribution in [3.05, 3.63) is 303 Å². The van der Waals surface area contributed by atoms with Crippen LogP contribution in [0.5, 0.6) is 0 Å². The summed E-state index contributed by atoms with van der Waals surface area (Å²) in [5.74, 6) is 0. The molecule has 0 aliphatic rings. The Bertz CT molecular complexity index is 3990. The van der Waals surface area contributed by atoms with E-state index in [1.54, 1.807) is 0 Å². The van der Waals surface area contributed by atoms with E-state index in [1.165, 1.54) is 144 Å². The average Bonchev–Trinajstić information content (AvgIpc) is 3.52. The molecule has 0 atom stereocenters. The van der Waals surface area contributed by atoms with E-state index in [1.807, 2.05) is 0 Å². The molecule has 0 aliphatic heterocycles. The van der Waals surface area contributed by atoms with Gasteiger partial charge in [-0.15, -0.1) is 0 Å². The van der Waals surface area contributed by atoms with Crippen LogP contribution >= 0.6 is 0 Å². The zero-order chi connectivity index (χ0) is 50.4. The first-order chi connectivity index (χ1) is 37.7. The fraction of sp³-hybridized carbons (Fsp3) is 0. The van der Waals surface area contributed by atoms with E-state index in [2.05, 4.69) is 303 Å². The summed E-state index contributed by atoms with van der Waals surface area (Å²) in [6, 6.07) is 112. The van der Waals surface area contributed by atoms with Crippen molar-refractivity contribution >= 4 is 32.3 Å². The van der Waals surface area contributed by atoms with Crippen LogP contribution in [0.2, 0.25) is 0 Å². The van der Waals surface area contributed by atoms with Gasteiger partial charge in [-0.1, -0.05) is 243 Å². The minimum atomic E-state index is 1.18. The van der Waals surface area contributed by atoms with Crippen molar-refractivity contribution in [3.63, 3.8) is 0 Å². The molecule has 0 heterocycles. The van der Waals surface area contributed by atoms with Crippen LogP contribution in [0.15, 0.2) is 303 Å². The third-order valence-electron chi connectivity index (χ3n) is 15.4. The molecule has 14 aromatic carbocycles. The summed E-state index contributed by atoms with van der Waals surface area (Å²) in [4.78, 5) is 0. The molecule has 0 aliphatic carbocycles. The van der Waals surface area contributed by atoms with Crippen LogP contribution in [0.4, 0.5) is 0 Å². The lowest BCUT2D eigenvalue weighted by Crippen LogP contribution is -1.95. The van der Waals surface area contributed by atoms with E-state index in [0.29, 0.717) is 0 Å². The molecule has 0 bridgehead atoms. The quantitative estimate of drug-likeness (QED) is 0.120. The Morgan fingerprint density at radius 2 is 0.316 bits per heavy atom. The molecular weight excluding hydrogens is 913 g/mol. The van der Waals surface area contributed by atoms with E-state index in [-0.39, 0.29) is 0 Å². The molecule has 76 heavy (non-hydrogen) atoms. The molecule has 354 valence electrons. The topological polar surface area (TPSA) is 0 Å². The van der Waals surface area contributed by atoms with Gasteiger partial charge in [0.05, 0.1) is 0 Å². The SMILES string of the molecule is c1ccc(-c2cccc(-c3cc(-c4cc(-c5ccccc5)cc(-c5ccccc5)c4)c4ccc5c(-c6cccc(-c7ccccc7)c6)cc(-c6cc(-c7ccccc7)cc(-c7ccccc7)c6)c6ccc3c4c56)c2)cc1. The number of hydrogen-bond donors (Lipinski definition) is 0. The summed E-state index contributed by atoms with van der Waals surface area (Å²) in [6.07, 6.45) is 0. The van der Waals surface area contributed by atoms with Crippen molar-refractivity contribution in [3.8, 4) is 111 Å². The summed E-state index contributed by atoms with van der Waals surface area (Å²) in [5, 5.41) is 7.45. The van der Waals surface area contributed by atoms with Gasteiger partial charge >= 0.3 is 0 Å². The lowest BCUT2D eigenvalue weighted by Gasteiger charge is -2.23. The number of rotatable bonds is 10. The summed E-state index contributed by atoms with van der Waals surface area (Å²) in [6.45, 7) is 0. The fourth-order valence-corrected chi connectivity index (χ4v) is 11.7. The van der Waals surface area contributed by atoms with Gasteiger partial charge in [0.1, 0.15) is 0 Å². The minimum absolute atomic E-state index is 1.18. The predicted molar refractivity (Wildman–Crippen MR) is 325 cm³/mol. The van der Waals surface area contributed by atoms with Gasteiger partial charge in [-0.3, -0.25) is 0 Å². The van der Waals surface area contributed by atoms with Gasteiger partial charge in [-0.2, -0.15) is 0 Å². The highest BCUT2D eigenvalue weighted by Gasteiger charge is 2.23. The van der Waals surface area contributed by atoms with Gasteiger partial charge in [-0.05, 0) is 204 Å². The van der Waals surface area contributed by atoms with Crippen molar-refractivity contribution in [2.24, 2.45) is 0 Å². The second-order valence-corrected chi connectivity index (χ2v) is 20.0. The molecule has 0 N–H and O–H groups in total. The fourth-order valence-electron chi connectivity index (χ4n) is 11.7. The first-order valence-corrected chi connectivity index (χ1v) is 26.3. The molecule has 0 saturated carbocycles. The van der Waals surface area contributed by atoms with E-state index in [4.69, 9.17) is 0 Å². The molecule has 0 spiro atoms. The molecular formula is C76H50. The van der Waals surface area contributed by atoms with Gasteiger partial charge in [0.25, 0.3) is 0 Å². The van der Waals surface area contributed by atoms with Gasteiger partial charge in [-0.25, -0.2) is 0 Å². The van der Waals surface area contributed by atoms with Crippen LogP contribution in [-0.2, 0) is 0 Å². The van der Waals surface area contributed by atoms with Crippen LogP contribution in [0.1, 0.15) is 0 Å². The molecule has 0 radical (unpaired) electrons. The molecule has 14 aromatic rings. The smallest absolute Gasteiger partial charge is 0.00139 e. The van der Waals surface area contributed by atoms with Crippen molar-refractivity contribution in [2.45, 2.75) is 0 Å². The highest BCUT2D eigenvalue weighted by atomic mass is 14.3. The Morgan fingerprint density at radius 1 is 0.118 bits per heavy atom. The van der Waals surface area contributed by atoms with Crippen molar-refractivity contribution in [2.75, 3.05) is 0 Å². The second kappa shape index (κ2) is 19.2. The molecule has 0 saturated heterocycles. The zero-order valence-electron chi connectivity index (χ0n) is 41.9. The highest BCUT2D eigenvalue weighted by Crippen LogP contribution is 2.50. The molecule has 14 rings (SSSR count). The van der Waals surface area contributed by atoms with Gasteiger partial charge in [0.15, 0.2) is 0 Å². The maximum atomic E-state index is 2.48. The Labute approximate surface area is 444 Å². The van der Waals surface area contributed by atoms with Gasteiger partial charge < -0.3 is 0 Å². The Morgan fingerprint density at radius 3 is 0.592 bits per heavy atom. The van der Waals surface area contributed by atoms with Crippen molar-refractivity contribution < 1.29 is 0 Å². The summed E-state index contributed by atoms with van der Waals surface area (Å²) in [5.41, 5.74) is 23.8. The van der Waals surface area contributed by atoms with Crippen molar-refractivity contribution in [1.82, 2.24) is 0 Å². The monoisotopic (exact) mass is 962 g/mol. The van der Waals surface area contributed by atoms with Crippen LogP contribution in [0, 0.1) is 0 Å². The first-order valence-electron chi connectivity index (χ1n) is 26.3. The molecule has 0 heteroatoms. The maximum absolute atomic E-state index is 2.48. The van der Waals surface area contributed by atoms with E-state index >= 15 is 0 Å². The zero-order valence-corrected chi connectivity index (χ0v) is 41.9. The van der Waals surface area contributed by atoms with E-state index < -0.39 is 0 Å². The lowest BCUT2D eigenvalue weighted by atomic mass is 9.80. The summed E-state index contributed by atoms with van der Waals surface area (Å²) >= 11 is 0. The van der Waals surface area contributed by atoms with E-state index in [9.17, 15) is 0 Å². The average molecular weight is 963 g/mol. The molecule has 0 nitrogen and oxygen atoms in total. The number of hydrogen-bond acceptors (Lipinski definition) is 0.